The van der Waals surface area contributed by atoms with Gasteiger partial charge in [-0.05, 0) is 12.2 Å². The quantitative estimate of drug-likeness (QED) is 0.718. The number of nitrogens with one attached hydrogen (secondary N) is 1. The Morgan fingerprint density at radius 1 is 1.40 bits per heavy atom. The van der Waals surface area contributed by atoms with Gasteiger partial charge < -0.3 is 10.2 Å². The molecule has 0 spiro atoms. The molecule has 20 heavy (non-hydrogen) atoms. The van der Waals surface area contributed by atoms with Gasteiger partial charge in [-0.2, -0.15) is 0 Å². The van der Waals surface area contributed by atoms with Crippen LogP contribution in [-0.2, 0) is 14.8 Å². The minimum absolute atomic E-state index is 0.0434. The maximum absolute atomic E-state index is 12.0. The van der Waals surface area contributed by atoms with Crippen LogP contribution in [0.4, 0.5) is 0 Å². The molecule has 0 aromatic rings. The Kier molecular flexibility index (Phi) is 3.38. The predicted molar refractivity (Wildman–Crippen MR) is 78.1 cm³/mol. The molecule has 106 valence electrons. The van der Waals surface area contributed by atoms with Crippen molar-refractivity contribution in [3.8, 4) is 0 Å². The van der Waals surface area contributed by atoms with E-state index < -0.39 is 10.0 Å². The van der Waals surface area contributed by atoms with Gasteiger partial charge in [0.25, 0.3) is 15.9 Å². The zero-order valence-electron chi connectivity index (χ0n) is 10.4. The highest BCUT2D eigenvalue weighted by molar-refractivity contribution is 8.14. The van der Waals surface area contributed by atoms with Crippen molar-refractivity contribution in [3.63, 3.8) is 0 Å². The number of nitrogens with zero attached hydrogens (tertiary/aromatic N) is 3. The fraction of sp³-hybridized carbons (Fsp3) is 0.364. The van der Waals surface area contributed by atoms with Crippen LogP contribution in [0, 0.1) is 0 Å². The molecule has 1 N–H and O–H groups in total. The Balaban J connectivity index is 1.76. The molecule has 3 heterocycles. The number of amidine groups is 2. The Bertz CT molecular complexity index is 676. The van der Waals surface area contributed by atoms with Gasteiger partial charge in [-0.15, -0.1) is 4.40 Å². The molecule has 0 aromatic heterocycles. The van der Waals surface area contributed by atoms with Crippen LogP contribution in [0.2, 0.25) is 0 Å². The SMILES string of the molecule is O=C(NC1=NCCS1)C1=CN2CCS(=O)(=O)N=C2C=C1. The smallest absolute Gasteiger partial charge is 0.258 e. The van der Waals surface area contributed by atoms with Crippen molar-refractivity contribution in [3.05, 3.63) is 23.9 Å². The molecule has 0 atom stereocenters. The Morgan fingerprint density at radius 2 is 2.25 bits per heavy atom. The van der Waals surface area contributed by atoms with Crippen molar-refractivity contribution in [2.75, 3.05) is 24.6 Å². The van der Waals surface area contributed by atoms with Crippen LogP contribution in [0.25, 0.3) is 0 Å². The first-order chi connectivity index (χ1) is 9.53. The molecule has 3 rings (SSSR count). The van der Waals surface area contributed by atoms with Crippen LogP contribution in [0.15, 0.2) is 33.3 Å². The summed E-state index contributed by atoms with van der Waals surface area (Å²) in [6, 6.07) is 0. The van der Waals surface area contributed by atoms with Gasteiger partial charge in [0.05, 0.1) is 17.9 Å². The van der Waals surface area contributed by atoms with E-state index in [-0.39, 0.29) is 11.7 Å². The summed E-state index contributed by atoms with van der Waals surface area (Å²) in [5.74, 6) is 0.936. The molecule has 3 aliphatic rings. The summed E-state index contributed by atoms with van der Waals surface area (Å²) in [4.78, 5) is 17.9. The summed E-state index contributed by atoms with van der Waals surface area (Å²) in [5.41, 5.74) is 0.457. The maximum atomic E-state index is 12.0. The van der Waals surface area contributed by atoms with Gasteiger partial charge in [0, 0.05) is 18.5 Å². The average molecular weight is 312 g/mol. The molecular formula is C11H12N4O3S2. The first kappa shape index (κ1) is 13.4. The minimum Gasteiger partial charge on any atom is -0.330 e. The highest BCUT2D eigenvalue weighted by Crippen LogP contribution is 2.16. The van der Waals surface area contributed by atoms with Gasteiger partial charge in [-0.3, -0.25) is 9.79 Å². The van der Waals surface area contributed by atoms with Gasteiger partial charge in [-0.25, -0.2) is 8.42 Å². The number of rotatable bonds is 1. The summed E-state index contributed by atoms with van der Waals surface area (Å²) in [5, 5.41) is 3.36. The summed E-state index contributed by atoms with van der Waals surface area (Å²) in [7, 11) is -3.37. The number of thioether (sulfide) groups is 1. The van der Waals surface area contributed by atoms with Gasteiger partial charge in [0.1, 0.15) is 5.84 Å². The third kappa shape index (κ3) is 2.78. The number of sulfonamides is 1. The van der Waals surface area contributed by atoms with Crippen LogP contribution in [0.3, 0.4) is 0 Å². The normalized spacial score (nSPS) is 23.6. The van der Waals surface area contributed by atoms with Crippen LogP contribution >= 0.6 is 11.8 Å². The lowest BCUT2D eigenvalue weighted by Gasteiger charge is -2.26. The van der Waals surface area contributed by atoms with E-state index in [1.165, 1.54) is 17.8 Å². The van der Waals surface area contributed by atoms with Crippen molar-refractivity contribution in [1.82, 2.24) is 10.2 Å². The fourth-order valence-corrected chi connectivity index (χ4v) is 3.61. The summed E-state index contributed by atoms with van der Waals surface area (Å²) in [6.45, 7) is 1.02. The first-order valence-electron chi connectivity index (χ1n) is 6.01. The lowest BCUT2D eigenvalue weighted by molar-refractivity contribution is -0.115. The Hall–Kier alpha value is -1.61. The number of amides is 1. The zero-order chi connectivity index (χ0) is 14.2. The molecule has 0 saturated heterocycles. The number of carbonyl (C=O) groups excluding carboxylic acids is 1. The first-order valence-corrected chi connectivity index (χ1v) is 8.61. The summed E-state index contributed by atoms with van der Waals surface area (Å²) >= 11 is 1.51. The van der Waals surface area contributed by atoms with Gasteiger partial charge in [0.2, 0.25) is 0 Å². The highest BCUT2D eigenvalue weighted by atomic mass is 32.2. The topological polar surface area (TPSA) is 91.2 Å². The second kappa shape index (κ2) is 5.06. The molecule has 0 fully saturated rings. The third-order valence-corrected chi connectivity index (χ3v) is 4.95. The zero-order valence-corrected chi connectivity index (χ0v) is 12.1. The second-order valence-corrected chi connectivity index (χ2v) is 7.17. The number of hydrogen-bond acceptors (Lipinski definition) is 6. The molecule has 7 nitrogen and oxygen atoms in total. The van der Waals surface area contributed by atoms with E-state index in [1.54, 1.807) is 17.2 Å². The predicted octanol–water partition coefficient (Wildman–Crippen LogP) is -0.297. The van der Waals surface area contributed by atoms with E-state index in [0.717, 1.165) is 12.3 Å². The van der Waals surface area contributed by atoms with Crippen molar-refractivity contribution in [2.24, 2.45) is 9.39 Å². The van der Waals surface area contributed by atoms with E-state index in [1.807, 2.05) is 0 Å². The van der Waals surface area contributed by atoms with Crippen molar-refractivity contribution >= 4 is 38.7 Å². The van der Waals surface area contributed by atoms with Crippen molar-refractivity contribution in [2.45, 2.75) is 0 Å². The number of fused-ring (bicyclic) bond motifs is 1. The maximum Gasteiger partial charge on any atom is 0.258 e. The third-order valence-electron chi connectivity index (χ3n) is 2.89. The van der Waals surface area contributed by atoms with Crippen LogP contribution in [0.5, 0.6) is 0 Å². The molecule has 1 amide bonds. The minimum atomic E-state index is -3.37. The molecule has 0 aliphatic carbocycles. The van der Waals surface area contributed by atoms with E-state index >= 15 is 0 Å². The molecule has 3 aliphatic heterocycles. The second-order valence-electron chi connectivity index (χ2n) is 4.34. The van der Waals surface area contributed by atoms with Gasteiger partial charge in [-0.1, -0.05) is 11.8 Å². The molecule has 0 saturated carbocycles. The molecule has 0 radical (unpaired) electrons. The van der Waals surface area contributed by atoms with Gasteiger partial charge >= 0.3 is 0 Å². The van der Waals surface area contributed by atoms with Crippen molar-refractivity contribution < 1.29 is 13.2 Å². The number of aliphatic imine (C=N–C) groups is 1. The Labute approximate surface area is 120 Å². The lowest BCUT2D eigenvalue weighted by atomic mass is 10.2. The number of carbonyl (C=O) groups is 1. The standard InChI is InChI=1S/C11H12N4O3S2/c16-10(13-11-12-3-5-19-11)8-1-2-9-14-20(17,18)6-4-15(9)7-8/h1-2,7H,3-6H2,(H,12,13,16). The van der Waals surface area contributed by atoms with Crippen LogP contribution in [-0.4, -0.2) is 54.8 Å². The average Bonchev–Trinajstić information content (AvgIpc) is 2.90. The largest absolute Gasteiger partial charge is 0.330 e. The molecule has 0 aromatic carbocycles. The highest BCUT2D eigenvalue weighted by Gasteiger charge is 2.25. The number of hydrogen-bond donors (Lipinski definition) is 1. The van der Waals surface area contributed by atoms with E-state index in [0.29, 0.717) is 23.1 Å². The van der Waals surface area contributed by atoms with E-state index in [2.05, 4.69) is 14.7 Å². The summed E-state index contributed by atoms with van der Waals surface area (Å²) < 4.78 is 26.4. The van der Waals surface area contributed by atoms with Gasteiger partial charge in [0.15, 0.2) is 5.17 Å². The fourth-order valence-electron chi connectivity index (χ4n) is 1.92. The van der Waals surface area contributed by atoms with Crippen molar-refractivity contribution in [1.29, 1.82) is 0 Å². The lowest BCUT2D eigenvalue weighted by Crippen LogP contribution is -2.38. The Morgan fingerprint density at radius 3 is 3.00 bits per heavy atom. The monoisotopic (exact) mass is 312 g/mol. The van der Waals surface area contributed by atoms with E-state index in [9.17, 15) is 13.2 Å². The molecule has 0 bridgehead atoms. The van der Waals surface area contributed by atoms with Crippen LogP contribution in [0.1, 0.15) is 0 Å². The van der Waals surface area contributed by atoms with E-state index in [4.69, 9.17) is 0 Å². The molecular weight excluding hydrogens is 300 g/mol. The molecule has 9 heteroatoms. The van der Waals surface area contributed by atoms with Crippen LogP contribution < -0.4 is 5.32 Å². The summed E-state index contributed by atoms with van der Waals surface area (Å²) in [6.07, 6.45) is 4.71. The molecule has 0 unspecified atom stereocenters.